The van der Waals surface area contributed by atoms with E-state index in [4.69, 9.17) is 5.10 Å². The lowest BCUT2D eigenvalue weighted by molar-refractivity contribution is 0.0392. The number of hydrogen-bond acceptors (Lipinski definition) is 3. The molecule has 1 saturated heterocycles. The van der Waals surface area contributed by atoms with Gasteiger partial charge >= 0.3 is 0 Å². The van der Waals surface area contributed by atoms with E-state index in [-0.39, 0.29) is 23.6 Å². The highest BCUT2D eigenvalue weighted by Crippen LogP contribution is 2.45. The van der Waals surface area contributed by atoms with Crippen molar-refractivity contribution in [2.45, 2.75) is 37.8 Å². The second kappa shape index (κ2) is 7.62. The Morgan fingerprint density at radius 3 is 2.65 bits per heavy atom. The van der Waals surface area contributed by atoms with Gasteiger partial charge < -0.3 is 9.88 Å². The Kier molecular flexibility index (Phi) is 4.65. The highest BCUT2D eigenvalue weighted by Gasteiger charge is 2.43. The van der Waals surface area contributed by atoms with Gasteiger partial charge in [-0.05, 0) is 67.5 Å². The minimum Gasteiger partial charge on any atom is -0.327 e. The minimum absolute atomic E-state index is 0.0219. The summed E-state index contributed by atoms with van der Waals surface area (Å²) < 4.78 is 29.6. The van der Waals surface area contributed by atoms with Crippen LogP contribution in [0.25, 0.3) is 22.2 Å². The summed E-state index contributed by atoms with van der Waals surface area (Å²) in [5.41, 5.74) is 3.97. The molecule has 6 rings (SSSR count). The van der Waals surface area contributed by atoms with E-state index in [2.05, 4.69) is 4.98 Å². The van der Waals surface area contributed by atoms with Crippen molar-refractivity contribution in [3.63, 3.8) is 0 Å². The number of aryl methyl sites for hydroxylation is 1. The number of rotatable bonds is 2. The van der Waals surface area contributed by atoms with Gasteiger partial charge in [-0.2, -0.15) is 5.10 Å². The minimum atomic E-state index is -0.629. The number of aromatic nitrogens is 3. The van der Waals surface area contributed by atoms with Gasteiger partial charge in [0.2, 0.25) is 5.56 Å². The first kappa shape index (κ1) is 20.8. The Morgan fingerprint density at radius 2 is 1.85 bits per heavy atom. The fourth-order valence-electron chi connectivity index (χ4n) is 5.64. The molecule has 1 fully saturated rings. The van der Waals surface area contributed by atoms with E-state index < -0.39 is 11.6 Å². The second-order valence-corrected chi connectivity index (χ2v) is 9.14. The van der Waals surface area contributed by atoms with Crippen LogP contribution in [0.1, 0.15) is 46.9 Å². The van der Waals surface area contributed by atoms with Crippen molar-refractivity contribution in [1.82, 2.24) is 19.7 Å². The molecule has 2 aliphatic heterocycles. The third kappa shape index (κ3) is 3.24. The largest absolute Gasteiger partial charge is 0.327 e. The number of nitrogens with zero attached hydrogens (tertiary/aromatic N) is 3. The first-order valence-corrected chi connectivity index (χ1v) is 11.4. The SMILES string of the molecule is Cn1nc2c(c1-c1cc(F)cc(F)c1)CC1CCCC2N1C(=O)c1ccc2[nH]c(=O)ccc2c1. The van der Waals surface area contributed by atoms with Crippen LogP contribution < -0.4 is 5.56 Å². The molecular formula is C26H22F2N4O2. The Bertz CT molecular complexity index is 1500. The zero-order chi connectivity index (χ0) is 23.6. The normalized spacial score (nSPS) is 19.3. The molecule has 2 aromatic heterocycles. The summed E-state index contributed by atoms with van der Waals surface area (Å²) in [5, 5.41) is 5.52. The lowest BCUT2D eigenvalue weighted by Crippen LogP contribution is -2.49. The zero-order valence-electron chi connectivity index (χ0n) is 18.5. The van der Waals surface area contributed by atoms with Gasteiger partial charge in [-0.15, -0.1) is 0 Å². The van der Waals surface area contributed by atoms with Crippen LogP contribution in [0.5, 0.6) is 0 Å². The predicted molar refractivity (Wildman–Crippen MR) is 123 cm³/mol. The van der Waals surface area contributed by atoms with E-state index in [0.29, 0.717) is 28.8 Å². The number of amides is 1. The summed E-state index contributed by atoms with van der Waals surface area (Å²) in [6.45, 7) is 0. The monoisotopic (exact) mass is 460 g/mol. The van der Waals surface area contributed by atoms with Crippen LogP contribution in [0.3, 0.4) is 0 Å². The van der Waals surface area contributed by atoms with Crippen molar-refractivity contribution >= 4 is 16.8 Å². The number of piperidine rings is 1. The summed E-state index contributed by atoms with van der Waals surface area (Å²) in [5.74, 6) is -1.33. The Labute approximate surface area is 193 Å². The number of H-pyrrole nitrogens is 1. The molecule has 1 N–H and O–H groups in total. The van der Waals surface area contributed by atoms with E-state index in [1.54, 1.807) is 36.0 Å². The first-order valence-electron chi connectivity index (χ1n) is 11.4. The van der Waals surface area contributed by atoms with Crippen molar-refractivity contribution in [2.24, 2.45) is 7.05 Å². The molecule has 4 aromatic rings. The molecule has 2 aromatic carbocycles. The van der Waals surface area contributed by atoms with Gasteiger partial charge in [0.25, 0.3) is 5.91 Å². The summed E-state index contributed by atoms with van der Waals surface area (Å²) in [7, 11) is 1.77. The van der Waals surface area contributed by atoms with Crippen molar-refractivity contribution in [1.29, 1.82) is 0 Å². The van der Waals surface area contributed by atoms with Gasteiger partial charge in [0.1, 0.15) is 11.6 Å². The molecule has 0 radical (unpaired) electrons. The lowest BCUT2D eigenvalue weighted by Gasteiger charge is -2.45. The number of benzene rings is 2. The molecule has 2 aliphatic rings. The number of aromatic amines is 1. The third-order valence-corrected chi connectivity index (χ3v) is 7.02. The molecule has 172 valence electrons. The van der Waals surface area contributed by atoms with E-state index >= 15 is 0 Å². The zero-order valence-corrected chi connectivity index (χ0v) is 18.5. The van der Waals surface area contributed by atoms with Crippen LogP contribution in [-0.4, -0.2) is 31.6 Å². The number of hydrogen-bond donors (Lipinski definition) is 1. The van der Waals surface area contributed by atoms with E-state index in [1.165, 1.54) is 18.2 Å². The molecule has 34 heavy (non-hydrogen) atoms. The van der Waals surface area contributed by atoms with Crippen LogP contribution in [0.2, 0.25) is 0 Å². The second-order valence-electron chi connectivity index (χ2n) is 9.14. The highest BCUT2D eigenvalue weighted by atomic mass is 19.1. The number of carbonyl (C=O) groups excluding carboxylic acids is 1. The summed E-state index contributed by atoms with van der Waals surface area (Å²) in [6.07, 6.45) is 3.20. The van der Waals surface area contributed by atoms with E-state index in [0.717, 1.165) is 42.0 Å². The number of halogens is 2. The summed E-state index contributed by atoms with van der Waals surface area (Å²) in [4.78, 5) is 30.0. The third-order valence-electron chi connectivity index (χ3n) is 7.02. The van der Waals surface area contributed by atoms with Crippen molar-refractivity contribution in [2.75, 3.05) is 0 Å². The van der Waals surface area contributed by atoms with Gasteiger partial charge in [-0.1, -0.05) is 0 Å². The molecule has 8 heteroatoms. The molecule has 2 unspecified atom stereocenters. The maximum atomic E-state index is 14.0. The topological polar surface area (TPSA) is 71.0 Å². The average Bonchev–Trinajstić information content (AvgIpc) is 3.12. The van der Waals surface area contributed by atoms with Gasteiger partial charge in [-0.3, -0.25) is 14.3 Å². The fourth-order valence-corrected chi connectivity index (χ4v) is 5.64. The molecule has 4 heterocycles. The smallest absolute Gasteiger partial charge is 0.254 e. The Hall–Kier alpha value is -3.81. The van der Waals surface area contributed by atoms with Gasteiger partial charge in [-0.25, -0.2) is 8.78 Å². The van der Waals surface area contributed by atoms with Crippen LogP contribution >= 0.6 is 0 Å². The summed E-state index contributed by atoms with van der Waals surface area (Å²) in [6, 6.07) is 11.8. The number of pyridine rings is 1. The molecular weight excluding hydrogens is 438 g/mol. The molecule has 0 saturated carbocycles. The lowest BCUT2D eigenvalue weighted by atomic mass is 9.81. The maximum Gasteiger partial charge on any atom is 0.254 e. The number of fused-ring (bicyclic) bond motifs is 5. The van der Waals surface area contributed by atoms with Crippen molar-refractivity contribution in [3.05, 3.63) is 87.3 Å². The number of nitrogens with one attached hydrogen (secondary N) is 1. The molecule has 1 amide bonds. The van der Waals surface area contributed by atoms with Crippen LogP contribution in [0.15, 0.2) is 53.3 Å². The van der Waals surface area contributed by atoms with E-state index in [9.17, 15) is 18.4 Å². The van der Waals surface area contributed by atoms with E-state index in [1.807, 2.05) is 4.90 Å². The van der Waals surface area contributed by atoms with Gasteiger partial charge in [0.05, 0.1) is 17.4 Å². The molecule has 0 aliphatic carbocycles. The summed E-state index contributed by atoms with van der Waals surface area (Å²) >= 11 is 0. The van der Waals surface area contributed by atoms with Crippen LogP contribution in [-0.2, 0) is 13.5 Å². The number of carbonyl (C=O) groups is 1. The molecule has 2 bridgehead atoms. The van der Waals surface area contributed by atoms with Crippen molar-refractivity contribution < 1.29 is 13.6 Å². The maximum absolute atomic E-state index is 14.0. The molecule has 2 atom stereocenters. The van der Waals surface area contributed by atoms with Gasteiger partial charge in [0.15, 0.2) is 0 Å². The fraction of sp³-hybridized carbons (Fsp3) is 0.269. The first-order chi connectivity index (χ1) is 16.4. The highest BCUT2D eigenvalue weighted by molar-refractivity contribution is 5.98. The van der Waals surface area contributed by atoms with Gasteiger partial charge in [0, 0.05) is 47.4 Å². The van der Waals surface area contributed by atoms with Crippen molar-refractivity contribution in [3.8, 4) is 11.3 Å². The Balaban J connectivity index is 1.42. The standard InChI is InChI=1S/C26H22F2N4O2/c1-31-25(16-10-17(27)12-18(28)11-16)20-13-19-3-2-4-22(24(20)30-31)32(19)26(34)15-5-7-21-14(9-15)6-8-23(33)29-21/h5-12,19,22H,2-4,13H2,1H3,(H,29,33). The average molecular weight is 460 g/mol. The van der Waals surface area contributed by atoms with Crippen LogP contribution in [0.4, 0.5) is 8.78 Å². The Morgan fingerprint density at radius 1 is 1.06 bits per heavy atom. The predicted octanol–water partition coefficient (Wildman–Crippen LogP) is 4.50. The quantitative estimate of drug-likeness (QED) is 0.479. The molecule has 0 spiro atoms. The van der Waals surface area contributed by atoms with Crippen LogP contribution in [0, 0.1) is 11.6 Å². The molecule has 6 nitrogen and oxygen atoms in total.